The number of methoxy groups -OCH3 is 1. The van der Waals surface area contributed by atoms with E-state index in [9.17, 15) is 0 Å². The number of hydrogen-bond acceptors (Lipinski definition) is 2. The Labute approximate surface area is 97.7 Å². The first kappa shape index (κ1) is 10.5. The van der Waals surface area contributed by atoms with Crippen LogP contribution in [0.3, 0.4) is 0 Å². The van der Waals surface area contributed by atoms with Gasteiger partial charge < -0.3 is 10.1 Å². The molecule has 0 atom stereocenters. The average molecular weight is 269 g/mol. The molecule has 0 saturated heterocycles. The molecule has 1 aliphatic carbocycles. The molecule has 0 unspecified atom stereocenters. The second kappa shape index (κ2) is 4.66. The lowest BCUT2D eigenvalue weighted by atomic mass is 10.3. The number of nitrogens with one attached hydrogen (secondary N) is 1. The maximum Gasteiger partial charge on any atom is 0.142 e. The number of halogens is 1. The van der Waals surface area contributed by atoms with E-state index in [4.69, 9.17) is 4.74 Å². The van der Waals surface area contributed by atoms with E-state index >= 15 is 0 Å². The molecule has 1 aromatic rings. The van der Waals surface area contributed by atoms with Crippen molar-refractivity contribution in [2.45, 2.75) is 18.9 Å². The van der Waals surface area contributed by atoms with Crippen molar-refractivity contribution in [3.63, 3.8) is 0 Å². The number of anilines is 1. The molecule has 1 aliphatic rings. The number of ether oxygens (including phenoxy) is 1. The molecular weight excluding hydrogens is 256 g/mol. The number of benzene rings is 1. The molecule has 3 nitrogen and oxygen atoms in total. The summed E-state index contributed by atoms with van der Waals surface area (Å²) in [6.07, 6.45) is 4.18. The minimum Gasteiger partial charge on any atom is -0.495 e. The van der Waals surface area contributed by atoms with Gasteiger partial charge in [0.2, 0.25) is 0 Å². The lowest BCUT2D eigenvalue weighted by Crippen LogP contribution is -1.98. The molecule has 4 heteroatoms. The highest BCUT2D eigenvalue weighted by molar-refractivity contribution is 9.10. The van der Waals surface area contributed by atoms with E-state index in [1.165, 1.54) is 12.8 Å². The Bertz CT molecular complexity index is 375. The van der Waals surface area contributed by atoms with Gasteiger partial charge in [-0.15, -0.1) is 0 Å². The molecule has 0 heterocycles. The van der Waals surface area contributed by atoms with Crippen molar-refractivity contribution < 1.29 is 4.74 Å². The zero-order valence-electron chi connectivity index (χ0n) is 8.53. The summed E-state index contributed by atoms with van der Waals surface area (Å²) in [6, 6.07) is 6.37. The molecule has 2 rings (SSSR count). The first-order valence-corrected chi connectivity index (χ1v) is 5.70. The summed E-state index contributed by atoms with van der Waals surface area (Å²) in [4.78, 5) is 4.33. The summed E-state index contributed by atoms with van der Waals surface area (Å²) in [6.45, 7) is 0. The lowest BCUT2D eigenvalue weighted by Gasteiger charge is -2.07. The number of rotatable bonds is 4. The average Bonchev–Trinajstić information content (AvgIpc) is 3.02. The van der Waals surface area contributed by atoms with Crippen LogP contribution < -0.4 is 10.1 Å². The van der Waals surface area contributed by atoms with Gasteiger partial charge in [-0.2, -0.15) is 0 Å². The van der Waals surface area contributed by atoms with Crippen LogP contribution in [0.5, 0.6) is 5.75 Å². The highest BCUT2D eigenvalue weighted by atomic mass is 79.9. The summed E-state index contributed by atoms with van der Waals surface area (Å²) in [7, 11) is 1.66. The standard InChI is InChI=1S/C11H13BrN2O/c1-15-11-5-2-8(12)6-10(11)14-7-13-9-3-4-9/h2,5-7,9H,3-4H2,1H3,(H,13,14). The van der Waals surface area contributed by atoms with E-state index < -0.39 is 0 Å². The largest absolute Gasteiger partial charge is 0.495 e. The van der Waals surface area contributed by atoms with Crippen LogP contribution in [0.1, 0.15) is 12.8 Å². The van der Waals surface area contributed by atoms with Crippen LogP contribution in [-0.4, -0.2) is 19.5 Å². The third-order valence-corrected chi connectivity index (χ3v) is 2.71. The topological polar surface area (TPSA) is 33.6 Å². The van der Waals surface area contributed by atoms with Crippen LogP contribution >= 0.6 is 15.9 Å². The minimum atomic E-state index is 0.538. The molecule has 0 aromatic heterocycles. The molecule has 1 aromatic carbocycles. The van der Waals surface area contributed by atoms with Crippen LogP contribution in [0.25, 0.3) is 0 Å². The monoisotopic (exact) mass is 268 g/mol. The van der Waals surface area contributed by atoms with Crippen molar-refractivity contribution in [2.75, 3.05) is 12.4 Å². The molecule has 0 aliphatic heterocycles. The van der Waals surface area contributed by atoms with Gasteiger partial charge in [-0.05, 0) is 31.0 Å². The van der Waals surface area contributed by atoms with E-state index in [2.05, 4.69) is 26.2 Å². The fraction of sp³-hybridized carbons (Fsp3) is 0.364. The summed E-state index contributed by atoms with van der Waals surface area (Å²) in [5.41, 5.74) is 0.927. The third kappa shape index (κ3) is 2.96. The zero-order chi connectivity index (χ0) is 10.7. The minimum absolute atomic E-state index is 0.538. The predicted molar refractivity (Wildman–Crippen MR) is 65.8 cm³/mol. The normalized spacial score (nSPS) is 15.6. The van der Waals surface area contributed by atoms with E-state index in [-0.39, 0.29) is 0 Å². The number of aliphatic imine (C=N–C) groups is 1. The Hall–Kier alpha value is -1.03. The first-order valence-electron chi connectivity index (χ1n) is 4.91. The van der Waals surface area contributed by atoms with Gasteiger partial charge >= 0.3 is 0 Å². The summed E-state index contributed by atoms with van der Waals surface area (Å²) in [5, 5.41) is 3.13. The van der Waals surface area contributed by atoms with E-state index in [1.54, 1.807) is 13.4 Å². The van der Waals surface area contributed by atoms with Gasteiger partial charge in [-0.3, -0.25) is 4.99 Å². The van der Waals surface area contributed by atoms with Crippen LogP contribution in [0.4, 0.5) is 5.69 Å². The zero-order valence-corrected chi connectivity index (χ0v) is 10.1. The van der Waals surface area contributed by atoms with Gasteiger partial charge in [-0.1, -0.05) is 15.9 Å². The van der Waals surface area contributed by atoms with Gasteiger partial charge in [0.25, 0.3) is 0 Å². The predicted octanol–water partition coefficient (Wildman–Crippen LogP) is 3.06. The summed E-state index contributed by atoms with van der Waals surface area (Å²) in [5.74, 6) is 0.820. The Morgan fingerprint density at radius 3 is 3.00 bits per heavy atom. The van der Waals surface area contributed by atoms with Crippen LogP contribution in [0, 0.1) is 0 Å². The molecule has 15 heavy (non-hydrogen) atoms. The van der Waals surface area contributed by atoms with Crippen molar-refractivity contribution in [1.82, 2.24) is 0 Å². The highest BCUT2D eigenvalue weighted by Gasteiger charge is 2.18. The molecule has 80 valence electrons. The smallest absolute Gasteiger partial charge is 0.142 e. The maximum absolute atomic E-state index is 5.23. The van der Waals surface area contributed by atoms with E-state index in [0.29, 0.717) is 6.04 Å². The maximum atomic E-state index is 5.23. The Kier molecular flexibility index (Phi) is 3.26. The molecule has 0 radical (unpaired) electrons. The number of hydrogen-bond donors (Lipinski definition) is 1. The summed E-state index contributed by atoms with van der Waals surface area (Å²) < 4.78 is 6.25. The quantitative estimate of drug-likeness (QED) is 0.673. The number of nitrogens with zero attached hydrogens (tertiary/aromatic N) is 1. The van der Waals surface area contributed by atoms with Gasteiger partial charge in [0.15, 0.2) is 0 Å². The Morgan fingerprint density at radius 1 is 1.53 bits per heavy atom. The van der Waals surface area contributed by atoms with Crippen LogP contribution in [-0.2, 0) is 0 Å². The van der Waals surface area contributed by atoms with Crippen molar-refractivity contribution in [1.29, 1.82) is 0 Å². The van der Waals surface area contributed by atoms with Gasteiger partial charge in [0.1, 0.15) is 5.75 Å². The van der Waals surface area contributed by atoms with Crippen molar-refractivity contribution in [3.8, 4) is 5.75 Å². The van der Waals surface area contributed by atoms with Gasteiger partial charge in [0.05, 0.1) is 25.2 Å². The van der Waals surface area contributed by atoms with E-state index in [0.717, 1.165) is 15.9 Å². The Morgan fingerprint density at radius 2 is 2.33 bits per heavy atom. The van der Waals surface area contributed by atoms with Crippen molar-refractivity contribution in [3.05, 3.63) is 22.7 Å². The second-order valence-corrected chi connectivity index (χ2v) is 4.41. The van der Waals surface area contributed by atoms with Gasteiger partial charge in [0, 0.05) is 4.47 Å². The van der Waals surface area contributed by atoms with Gasteiger partial charge in [-0.25, -0.2) is 0 Å². The van der Waals surface area contributed by atoms with E-state index in [1.807, 2.05) is 18.2 Å². The summed E-state index contributed by atoms with van der Waals surface area (Å²) >= 11 is 3.42. The van der Waals surface area contributed by atoms with Crippen LogP contribution in [0.2, 0.25) is 0 Å². The second-order valence-electron chi connectivity index (χ2n) is 3.50. The molecule has 0 bridgehead atoms. The first-order chi connectivity index (χ1) is 7.29. The fourth-order valence-electron chi connectivity index (χ4n) is 1.23. The molecule has 1 saturated carbocycles. The lowest BCUT2D eigenvalue weighted by molar-refractivity contribution is 0.417. The molecule has 0 spiro atoms. The molecule has 1 N–H and O–H groups in total. The molecule has 1 fully saturated rings. The third-order valence-electron chi connectivity index (χ3n) is 2.21. The van der Waals surface area contributed by atoms with Crippen molar-refractivity contribution >= 4 is 28.0 Å². The highest BCUT2D eigenvalue weighted by Crippen LogP contribution is 2.28. The fourth-order valence-corrected chi connectivity index (χ4v) is 1.59. The van der Waals surface area contributed by atoms with Crippen LogP contribution in [0.15, 0.2) is 27.7 Å². The SMILES string of the molecule is COc1ccc(Br)cc1N/C=N/C1CC1. The van der Waals surface area contributed by atoms with Crippen molar-refractivity contribution in [2.24, 2.45) is 4.99 Å². The molecular formula is C11H13BrN2O. The Balaban J connectivity index is 2.06. The molecule has 0 amide bonds.